The van der Waals surface area contributed by atoms with Crippen molar-refractivity contribution >= 4 is 17.4 Å². The molecule has 0 saturated carbocycles. The Morgan fingerprint density at radius 1 is 1.19 bits per heavy atom. The number of rotatable bonds is 4. The quantitative estimate of drug-likeness (QED) is 0.922. The van der Waals surface area contributed by atoms with Gasteiger partial charge in [-0.1, -0.05) is 17.7 Å². The monoisotopic (exact) mass is 315 g/mol. The largest absolute Gasteiger partial charge is 0.416 e. The van der Waals surface area contributed by atoms with E-state index in [1.165, 1.54) is 18.5 Å². The van der Waals surface area contributed by atoms with E-state index in [9.17, 15) is 13.2 Å². The van der Waals surface area contributed by atoms with Gasteiger partial charge in [0.1, 0.15) is 12.1 Å². The van der Waals surface area contributed by atoms with Crippen LogP contribution in [0.15, 0.2) is 30.6 Å². The van der Waals surface area contributed by atoms with Crippen molar-refractivity contribution in [3.05, 3.63) is 52.4 Å². The first-order valence-corrected chi connectivity index (χ1v) is 6.62. The third kappa shape index (κ3) is 4.32. The summed E-state index contributed by atoms with van der Waals surface area (Å²) >= 11 is 5.64. The van der Waals surface area contributed by atoms with Crippen molar-refractivity contribution in [2.24, 2.45) is 0 Å². The Hall–Kier alpha value is -1.82. The summed E-state index contributed by atoms with van der Waals surface area (Å²) in [6.07, 6.45) is -2.79. The molecule has 3 nitrogen and oxygen atoms in total. The molecule has 0 amide bonds. The van der Waals surface area contributed by atoms with Crippen LogP contribution in [0, 0.1) is 6.92 Å². The predicted molar refractivity (Wildman–Crippen MR) is 75.4 cm³/mol. The molecule has 0 fully saturated rings. The van der Waals surface area contributed by atoms with Crippen LogP contribution >= 0.6 is 11.6 Å². The van der Waals surface area contributed by atoms with Crippen molar-refractivity contribution in [3.63, 3.8) is 0 Å². The molecule has 7 heteroatoms. The second kappa shape index (κ2) is 6.30. The molecule has 1 heterocycles. The van der Waals surface area contributed by atoms with Crippen molar-refractivity contribution in [2.75, 3.05) is 11.9 Å². The van der Waals surface area contributed by atoms with Crippen LogP contribution in [0.5, 0.6) is 0 Å². The van der Waals surface area contributed by atoms with Crippen molar-refractivity contribution in [3.8, 4) is 0 Å². The number of alkyl halides is 3. The Bertz CT molecular complexity index is 629. The molecule has 0 spiro atoms. The summed E-state index contributed by atoms with van der Waals surface area (Å²) in [6.45, 7) is 2.15. The van der Waals surface area contributed by atoms with Gasteiger partial charge in [-0.05, 0) is 31.0 Å². The maximum Gasteiger partial charge on any atom is 0.416 e. The second-order valence-electron chi connectivity index (χ2n) is 4.52. The third-order valence-electron chi connectivity index (χ3n) is 2.88. The minimum atomic E-state index is -4.41. The average Bonchev–Trinajstić information content (AvgIpc) is 2.39. The molecule has 2 rings (SSSR count). The number of nitrogens with zero attached hydrogens (tertiary/aromatic N) is 2. The van der Waals surface area contributed by atoms with E-state index in [1.807, 2.05) is 6.92 Å². The molecule has 0 aliphatic rings. The van der Waals surface area contributed by atoms with Gasteiger partial charge in [-0.2, -0.15) is 13.2 Å². The van der Waals surface area contributed by atoms with Crippen LogP contribution < -0.4 is 5.32 Å². The highest BCUT2D eigenvalue weighted by molar-refractivity contribution is 6.30. The average molecular weight is 316 g/mol. The Kier molecular flexibility index (Phi) is 4.67. The fourth-order valence-electron chi connectivity index (χ4n) is 1.91. The van der Waals surface area contributed by atoms with Crippen molar-refractivity contribution in [1.82, 2.24) is 9.97 Å². The van der Waals surface area contributed by atoms with E-state index in [2.05, 4.69) is 15.3 Å². The van der Waals surface area contributed by atoms with Crippen LogP contribution in [-0.4, -0.2) is 16.5 Å². The summed E-state index contributed by atoms with van der Waals surface area (Å²) in [7, 11) is 0. The summed E-state index contributed by atoms with van der Waals surface area (Å²) in [5, 5.41) is 3.05. The summed E-state index contributed by atoms with van der Waals surface area (Å²) < 4.78 is 38.8. The number of aryl methyl sites for hydroxylation is 1. The molecule has 0 saturated heterocycles. The van der Waals surface area contributed by atoms with Crippen LogP contribution in [0.3, 0.4) is 0 Å². The lowest BCUT2D eigenvalue weighted by Gasteiger charge is -2.13. The number of hydrogen-bond acceptors (Lipinski definition) is 3. The zero-order valence-corrected chi connectivity index (χ0v) is 12.0. The highest BCUT2D eigenvalue weighted by atomic mass is 35.5. The SMILES string of the molecule is Cc1cc(NCCc2ccc(Cl)cc2C(F)(F)F)ncn1. The number of nitrogens with one attached hydrogen (secondary N) is 1. The van der Waals surface area contributed by atoms with Gasteiger partial charge in [0.2, 0.25) is 0 Å². The second-order valence-corrected chi connectivity index (χ2v) is 4.96. The van der Waals surface area contributed by atoms with Gasteiger partial charge in [0.15, 0.2) is 0 Å². The van der Waals surface area contributed by atoms with Crippen LogP contribution in [0.1, 0.15) is 16.8 Å². The molecule has 0 radical (unpaired) electrons. The van der Waals surface area contributed by atoms with Crippen molar-refractivity contribution < 1.29 is 13.2 Å². The topological polar surface area (TPSA) is 37.8 Å². The number of benzene rings is 1. The molecular weight excluding hydrogens is 303 g/mol. The van der Waals surface area contributed by atoms with E-state index in [-0.39, 0.29) is 17.0 Å². The van der Waals surface area contributed by atoms with Gasteiger partial charge in [-0.3, -0.25) is 0 Å². The Balaban J connectivity index is 2.07. The number of anilines is 1. The lowest BCUT2D eigenvalue weighted by atomic mass is 10.0. The van der Waals surface area contributed by atoms with E-state index in [4.69, 9.17) is 11.6 Å². The predicted octanol–water partition coefficient (Wildman–Crippen LogP) is 4.11. The van der Waals surface area contributed by atoms with Crippen molar-refractivity contribution in [1.29, 1.82) is 0 Å². The number of halogens is 4. The highest BCUT2D eigenvalue weighted by Gasteiger charge is 2.33. The van der Waals surface area contributed by atoms with Gasteiger partial charge < -0.3 is 5.32 Å². The third-order valence-corrected chi connectivity index (χ3v) is 3.12. The minimum Gasteiger partial charge on any atom is -0.370 e. The molecule has 112 valence electrons. The van der Waals surface area contributed by atoms with Gasteiger partial charge >= 0.3 is 6.18 Å². The molecule has 21 heavy (non-hydrogen) atoms. The fourth-order valence-corrected chi connectivity index (χ4v) is 2.08. The first-order chi connectivity index (χ1) is 9.86. The summed E-state index contributed by atoms with van der Waals surface area (Å²) in [6, 6.07) is 5.54. The summed E-state index contributed by atoms with van der Waals surface area (Å²) in [4.78, 5) is 7.94. The zero-order chi connectivity index (χ0) is 15.5. The first kappa shape index (κ1) is 15.6. The van der Waals surface area contributed by atoms with Crippen LogP contribution in [0.25, 0.3) is 0 Å². The smallest absolute Gasteiger partial charge is 0.370 e. The van der Waals surface area contributed by atoms with E-state index in [0.29, 0.717) is 12.4 Å². The van der Waals surface area contributed by atoms with Gasteiger partial charge in [-0.25, -0.2) is 9.97 Å². The molecule has 1 aromatic carbocycles. The fraction of sp³-hybridized carbons (Fsp3) is 0.286. The molecule has 0 bridgehead atoms. The lowest BCUT2D eigenvalue weighted by molar-refractivity contribution is -0.138. The van der Waals surface area contributed by atoms with Gasteiger partial charge in [0, 0.05) is 23.3 Å². The lowest BCUT2D eigenvalue weighted by Crippen LogP contribution is -2.13. The molecular formula is C14H13ClF3N3. The normalized spacial score (nSPS) is 11.5. The zero-order valence-electron chi connectivity index (χ0n) is 11.2. The molecule has 1 aromatic heterocycles. The minimum absolute atomic E-state index is 0.0745. The maximum absolute atomic E-state index is 12.9. The molecule has 0 aliphatic carbocycles. The van der Waals surface area contributed by atoms with E-state index in [0.717, 1.165) is 11.8 Å². The highest BCUT2D eigenvalue weighted by Crippen LogP contribution is 2.33. The molecule has 0 aliphatic heterocycles. The first-order valence-electron chi connectivity index (χ1n) is 6.24. The Morgan fingerprint density at radius 2 is 1.95 bits per heavy atom. The van der Waals surface area contributed by atoms with Crippen molar-refractivity contribution in [2.45, 2.75) is 19.5 Å². The van der Waals surface area contributed by atoms with Gasteiger partial charge in [-0.15, -0.1) is 0 Å². The van der Waals surface area contributed by atoms with Gasteiger partial charge in [0.05, 0.1) is 5.56 Å². The standard InChI is InChI=1S/C14H13ClF3N3/c1-9-6-13(21-8-20-9)19-5-4-10-2-3-11(15)7-12(10)14(16,17)18/h2-3,6-8H,4-5H2,1H3,(H,19,20,21). The van der Waals surface area contributed by atoms with Crippen LogP contribution in [0.2, 0.25) is 5.02 Å². The van der Waals surface area contributed by atoms with E-state index in [1.54, 1.807) is 6.07 Å². The van der Waals surface area contributed by atoms with E-state index >= 15 is 0 Å². The van der Waals surface area contributed by atoms with Crippen LogP contribution in [-0.2, 0) is 12.6 Å². The molecule has 1 N–H and O–H groups in total. The number of aromatic nitrogens is 2. The molecule has 0 unspecified atom stereocenters. The maximum atomic E-state index is 12.9. The number of hydrogen-bond donors (Lipinski definition) is 1. The molecule has 0 atom stereocenters. The van der Waals surface area contributed by atoms with Crippen LogP contribution in [0.4, 0.5) is 19.0 Å². The Labute approximate surface area is 125 Å². The van der Waals surface area contributed by atoms with Gasteiger partial charge in [0.25, 0.3) is 0 Å². The Morgan fingerprint density at radius 3 is 2.62 bits per heavy atom. The molecule has 2 aromatic rings. The van der Waals surface area contributed by atoms with E-state index < -0.39 is 11.7 Å². The summed E-state index contributed by atoms with van der Waals surface area (Å²) in [5.74, 6) is 0.588. The summed E-state index contributed by atoms with van der Waals surface area (Å²) in [5.41, 5.74) is 0.288.